The van der Waals surface area contributed by atoms with Crippen molar-refractivity contribution in [3.8, 4) is 0 Å². The number of thiophene rings is 1. The summed E-state index contributed by atoms with van der Waals surface area (Å²) in [6.45, 7) is 9.23. The molecule has 0 aliphatic carbocycles. The predicted molar refractivity (Wildman–Crippen MR) is 77.2 cm³/mol. The van der Waals surface area contributed by atoms with Gasteiger partial charge >= 0.3 is 0 Å². The molecule has 4 heteroatoms. The van der Waals surface area contributed by atoms with Gasteiger partial charge in [0.15, 0.2) is 0 Å². The second-order valence-electron chi connectivity index (χ2n) is 5.00. The summed E-state index contributed by atoms with van der Waals surface area (Å²) in [6, 6.07) is 4.93. The first-order chi connectivity index (χ1) is 8.79. The van der Waals surface area contributed by atoms with E-state index in [0.717, 1.165) is 32.8 Å². The molecule has 2 N–H and O–H groups in total. The van der Waals surface area contributed by atoms with Crippen LogP contribution in [0, 0.1) is 12.8 Å². The lowest BCUT2D eigenvalue weighted by atomic mass is 10.0. The van der Waals surface area contributed by atoms with Crippen molar-refractivity contribution < 1.29 is 4.74 Å². The summed E-state index contributed by atoms with van der Waals surface area (Å²) < 4.78 is 5.57. The molecule has 1 fully saturated rings. The predicted octanol–water partition coefficient (Wildman–Crippen LogP) is 2.16. The van der Waals surface area contributed by atoms with Gasteiger partial charge < -0.3 is 15.4 Å². The molecule has 0 radical (unpaired) electrons. The number of ether oxygens (including phenoxy) is 1. The van der Waals surface area contributed by atoms with Crippen molar-refractivity contribution in [3.63, 3.8) is 0 Å². The molecule has 0 bridgehead atoms. The first-order valence-corrected chi connectivity index (χ1v) is 7.68. The van der Waals surface area contributed by atoms with Crippen LogP contribution in [0.5, 0.6) is 0 Å². The van der Waals surface area contributed by atoms with E-state index in [9.17, 15) is 0 Å². The van der Waals surface area contributed by atoms with Crippen LogP contribution >= 0.6 is 11.3 Å². The molecule has 102 valence electrons. The molecule has 0 spiro atoms. The standard InChI is InChI=1S/C14H24N2OS/c1-3-6-16-14-10-17-9-12(14)7-15-8-13-5-4-11(2)18-13/h4-5,12,14-16H,3,6-10H2,1-2H3. The van der Waals surface area contributed by atoms with Gasteiger partial charge in [-0.05, 0) is 32.0 Å². The quantitative estimate of drug-likeness (QED) is 0.795. The Labute approximate surface area is 114 Å². The van der Waals surface area contributed by atoms with E-state index in [1.807, 2.05) is 11.3 Å². The third-order valence-electron chi connectivity index (χ3n) is 3.36. The smallest absolute Gasteiger partial charge is 0.0623 e. The van der Waals surface area contributed by atoms with Gasteiger partial charge in [-0.25, -0.2) is 0 Å². The van der Waals surface area contributed by atoms with E-state index in [1.54, 1.807) is 0 Å². The fourth-order valence-corrected chi connectivity index (χ4v) is 3.18. The Morgan fingerprint density at radius 2 is 2.28 bits per heavy atom. The topological polar surface area (TPSA) is 33.3 Å². The molecule has 3 nitrogen and oxygen atoms in total. The Bertz CT molecular complexity index is 353. The van der Waals surface area contributed by atoms with Crippen LogP contribution in [-0.2, 0) is 11.3 Å². The van der Waals surface area contributed by atoms with Crippen molar-refractivity contribution in [2.24, 2.45) is 5.92 Å². The number of nitrogens with one attached hydrogen (secondary N) is 2. The largest absolute Gasteiger partial charge is 0.379 e. The van der Waals surface area contributed by atoms with E-state index >= 15 is 0 Å². The molecule has 1 saturated heterocycles. The van der Waals surface area contributed by atoms with Crippen LogP contribution in [0.15, 0.2) is 12.1 Å². The van der Waals surface area contributed by atoms with Gasteiger partial charge in [0.25, 0.3) is 0 Å². The summed E-state index contributed by atoms with van der Waals surface area (Å²) in [7, 11) is 0. The molecule has 0 amide bonds. The Morgan fingerprint density at radius 3 is 3.00 bits per heavy atom. The van der Waals surface area contributed by atoms with Crippen molar-refractivity contribution in [1.82, 2.24) is 10.6 Å². The summed E-state index contributed by atoms with van der Waals surface area (Å²) in [5.41, 5.74) is 0. The lowest BCUT2D eigenvalue weighted by Crippen LogP contribution is -2.40. The Balaban J connectivity index is 1.69. The van der Waals surface area contributed by atoms with Crippen LogP contribution in [0.3, 0.4) is 0 Å². The first-order valence-electron chi connectivity index (χ1n) is 6.86. The molecule has 2 unspecified atom stereocenters. The third kappa shape index (κ3) is 4.05. The third-order valence-corrected chi connectivity index (χ3v) is 4.36. The zero-order valence-corrected chi connectivity index (χ0v) is 12.2. The van der Waals surface area contributed by atoms with Crippen molar-refractivity contribution >= 4 is 11.3 Å². The normalized spacial score (nSPS) is 23.7. The van der Waals surface area contributed by atoms with E-state index in [2.05, 4.69) is 36.6 Å². The van der Waals surface area contributed by atoms with E-state index in [0.29, 0.717) is 12.0 Å². The lowest BCUT2D eigenvalue weighted by molar-refractivity contribution is 0.182. The maximum Gasteiger partial charge on any atom is 0.0623 e. The highest BCUT2D eigenvalue weighted by molar-refractivity contribution is 7.11. The van der Waals surface area contributed by atoms with E-state index in [-0.39, 0.29) is 0 Å². The summed E-state index contributed by atoms with van der Waals surface area (Å²) >= 11 is 1.88. The first kappa shape index (κ1) is 14.0. The van der Waals surface area contributed by atoms with E-state index in [4.69, 9.17) is 4.74 Å². The lowest BCUT2D eigenvalue weighted by Gasteiger charge is -2.19. The highest BCUT2D eigenvalue weighted by Gasteiger charge is 2.26. The summed E-state index contributed by atoms with van der Waals surface area (Å²) in [5.74, 6) is 0.609. The van der Waals surface area contributed by atoms with Crippen LogP contribution in [0.4, 0.5) is 0 Å². The van der Waals surface area contributed by atoms with Gasteiger partial charge in [0.2, 0.25) is 0 Å². The molecule has 1 aromatic rings. The van der Waals surface area contributed by atoms with Crippen molar-refractivity contribution in [2.45, 2.75) is 32.9 Å². The molecule has 0 saturated carbocycles. The molecule has 2 rings (SSSR count). The van der Waals surface area contributed by atoms with Crippen LogP contribution in [0.1, 0.15) is 23.1 Å². The minimum atomic E-state index is 0.530. The monoisotopic (exact) mass is 268 g/mol. The maximum atomic E-state index is 5.57. The molecule has 2 atom stereocenters. The molecule has 2 heterocycles. The van der Waals surface area contributed by atoms with Crippen LogP contribution in [0.25, 0.3) is 0 Å². The minimum Gasteiger partial charge on any atom is -0.379 e. The molecule has 1 aromatic heterocycles. The summed E-state index contributed by atoms with van der Waals surface area (Å²) in [6.07, 6.45) is 1.19. The second-order valence-corrected chi connectivity index (χ2v) is 6.37. The number of hydrogen-bond acceptors (Lipinski definition) is 4. The Morgan fingerprint density at radius 1 is 1.39 bits per heavy atom. The molecular weight excluding hydrogens is 244 g/mol. The molecule has 18 heavy (non-hydrogen) atoms. The van der Waals surface area contributed by atoms with Crippen LogP contribution < -0.4 is 10.6 Å². The fourth-order valence-electron chi connectivity index (χ4n) is 2.32. The highest BCUT2D eigenvalue weighted by atomic mass is 32.1. The average molecular weight is 268 g/mol. The zero-order chi connectivity index (χ0) is 12.8. The van der Waals surface area contributed by atoms with Crippen molar-refractivity contribution in [1.29, 1.82) is 0 Å². The maximum absolute atomic E-state index is 5.57. The fraction of sp³-hybridized carbons (Fsp3) is 0.714. The van der Waals surface area contributed by atoms with Gasteiger partial charge in [-0.2, -0.15) is 0 Å². The Hall–Kier alpha value is -0.420. The van der Waals surface area contributed by atoms with Gasteiger partial charge in [-0.1, -0.05) is 6.92 Å². The van der Waals surface area contributed by atoms with Gasteiger partial charge in [0.1, 0.15) is 0 Å². The summed E-state index contributed by atoms with van der Waals surface area (Å²) in [5, 5.41) is 7.13. The van der Waals surface area contributed by atoms with Crippen molar-refractivity contribution in [3.05, 3.63) is 21.9 Å². The van der Waals surface area contributed by atoms with Gasteiger partial charge in [0.05, 0.1) is 13.2 Å². The summed E-state index contributed by atoms with van der Waals surface area (Å²) in [4.78, 5) is 2.81. The van der Waals surface area contributed by atoms with Crippen LogP contribution in [-0.4, -0.2) is 32.3 Å². The molecular formula is C14H24N2OS. The highest BCUT2D eigenvalue weighted by Crippen LogP contribution is 2.16. The molecule has 0 aromatic carbocycles. The van der Waals surface area contributed by atoms with E-state index in [1.165, 1.54) is 16.2 Å². The molecule has 1 aliphatic heterocycles. The van der Waals surface area contributed by atoms with Crippen LogP contribution in [0.2, 0.25) is 0 Å². The average Bonchev–Trinajstić information content (AvgIpc) is 2.96. The second kappa shape index (κ2) is 7.24. The SMILES string of the molecule is CCCNC1COCC1CNCc1ccc(C)s1. The minimum absolute atomic E-state index is 0.530. The number of rotatable bonds is 7. The number of hydrogen-bond donors (Lipinski definition) is 2. The molecule has 1 aliphatic rings. The van der Waals surface area contributed by atoms with Gasteiger partial charge in [0, 0.05) is 34.8 Å². The van der Waals surface area contributed by atoms with E-state index < -0.39 is 0 Å². The Kier molecular flexibility index (Phi) is 5.63. The van der Waals surface area contributed by atoms with Gasteiger partial charge in [-0.3, -0.25) is 0 Å². The van der Waals surface area contributed by atoms with Crippen molar-refractivity contribution in [2.75, 3.05) is 26.3 Å². The van der Waals surface area contributed by atoms with Gasteiger partial charge in [-0.15, -0.1) is 11.3 Å². The zero-order valence-electron chi connectivity index (χ0n) is 11.4. The number of aryl methyl sites for hydroxylation is 1.